The van der Waals surface area contributed by atoms with Crippen molar-refractivity contribution in [3.8, 4) is 33.4 Å². The maximum atomic E-state index is 2.53. The van der Waals surface area contributed by atoms with Gasteiger partial charge in [-0.05, 0) is 135 Å². The molecule has 0 fully saturated rings. The molecule has 12 rings (SSSR count). The van der Waals surface area contributed by atoms with Crippen LogP contribution in [0.4, 0.5) is 17.1 Å². The van der Waals surface area contributed by atoms with Crippen LogP contribution >= 0.6 is 0 Å². The quantitative estimate of drug-likeness (QED) is 0.174. The summed E-state index contributed by atoms with van der Waals surface area (Å²) in [7, 11) is 0. The van der Waals surface area contributed by atoms with E-state index in [0.717, 1.165) is 0 Å². The summed E-state index contributed by atoms with van der Waals surface area (Å²) in [5.74, 6) is 0. The molecule has 0 heterocycles. The zero-order chi connectivity index (χ0) is 39.3. The number of benzene rings is 9. The highest BCUT2D eigenvalue weighted by Gasteiger charge is 2.41. The number of hydrogen-bond acceptors (Lipinski definition) is 1. The van der Waals surface area contributed by atoms with Crippen molar-refractivity contribution >= 4 is 49.4 Å². The molecule has 0 aliphatic heterocycles. The molecule has 3 aliphatic rings. The van der Waals surface area contributed by atoms with Crippen molar-refractivity contribution in [1.29, 1.82) is 0 Å². The summed E-state index contributed by atoms with van der Waals surface area (Å²) < 4.78 is 0. The third-order valence-corrected chi connectivity index (χ3v) is 14.4. The minimum atomic E-state index is -0.168. The van der Waals surface area contributed by atoms with Crippen LogP contribution in [0.5, 0.6) is 0 Å². The van der Waals surface area contributed by atoms with Gasteiger partial charge < -0.3 is 4.90 Å². The number of fused-ring (bicyclic) bond motifs is 15. The molecular weight excluding hydrogens is 699 g/mol. The van der Waals surface area contributed by atoms with E-state index in [1.54, 1.807) is 0 Å². The molecule has 1 heteroatoms. The number of hydrogen-bond donors (Lipinski definition) is 0. The van der Waals surface area contributed by atoms with Crippen LogP contribution in [0.1, 0.15) is 74.9 Å². The SMILES string of the molecule is CC1(C)c2cc(N(c3ccc4c(c3)C(C)(C)c3ccc5ccccc5c3-4)c3ccc4c(c3)C(C)(C)c3c-4ccc4ccccc34)ccc2-c2c1ccc1ccccc21. The third-order valence-electron chi connectivity index (χ3n) is 14.4. The van der Waals surface area contributed by atoms with Gasteiger partial charge in [0.25, 0.3) is 0 Å². The van der Waals surface area contributed by atoms with Crippen LogP contribution in [0.25, 0.3) is 65.7 Å². The van der Waals surface area contributed by atoms with Crippen molar-refractivity contribution in [1.82, 2.24) is 0 Å². The topological polar surface area (TPSA) is 3.24 Å². The first-order valence-corrected chi connectivity index (χ1v) is 20.8. The first-order valence-electron chi connectivity index (χ1n) is 20.8. The molecular formula is C57H45N. The van der Waals surface area contributed by atoms with E-state index < -0.39 is 0 Å². The predicted octanol–water partition coefficient (Wildman–Crippen LogP) is 15.5. The van der Waals surface area contributed by atoms with Crippen LogP contribution in [-0.2, 0) is 16.2 Å². The molecule has 58 heavy (non-hydrogen) atoms. The van der Waals surface area contributed by atoms with Crippen molar-refractivity contribution in [2.75, 3.05) is 4.90 Å². The fraction of sp³-hybridized carbons (Fsp3) is 0.158. The van der Waals surface area contributed by atoms with Crippen LogP contribution < -0.4 is 4.90 Å². The van der Waals surface area contributed by atoms with E-state index in [2.05, 4.69) is 210 Å². The molecule has 9 aromatic rings. The summed E-state index contributed by atoms with van der Waals surface area (Å²) >= 11 is 0. The van der Waals surface area contributed by atoms with Crippen molar-refractivity contribution in [2.45, 2.75) is 57.8 Å². The van der Waals surface area contributed by atoms with E-state index in [1.165, 1.54) is 116 Å². The smallest absolute Gasteiger partial charge is 0.0465 e. The fourth-order valence-corrected chi connectivity index (χ4v) is 11.4. The van der Waals surface area contributed by atoms with E-state index in [9.17, 15) is 0 Å². The molecule has 278 valence electrons. The molecule has 0 radical (unpaired) electrons. The Bertz CT molecular complexity index is 3120. The van der Waals surface area contributed by atoms with Gasteiger partial charge in [-0.15, -0.1) is 0 Å². The van der Waals surface area contributed by atoms with E-state index in [4.69, 9.17) is 0 Å². The van der Waals surface area contributed by atoms with Gasteiger partial charge in [0.15, 0.2) is 0 Å². The highest BCUT2D eigenvalue weighted by atomic mass is 15.1. The van der Waals surface area contributed by atoms with Gasteiger partial charge in [-0.25, -0.2) is 0 Å². The molecule has 0 amide bonds. The van der Waals surface area contributed by atoms with Gasteiger partial charge in [-0.3, -0.25) is 0 Å². The fourth-order valence-electron chi connectivity index (χ4n) is 11.4. The Balaban J connectivity index is 1.08. The van der Waals surface area contributed by atoms with Crippen LogP contribution in [0.15, 0.2) is 164 Å². The minimum Gasteiger partial charge on any atom is -0.310 e. The molecule has 0 saturated heterocycles. The Morgan fingerprint density at radius 2 is 0.690 bits per heavy atom. The second-order valence-electron chi connectivity index (χ2n) is 18.5. The molecule has 0 spiro atoms. The van der Waals surface area contributed by atoms with E-state index >= 15 is 0 Å². The Kier molecular flexibility index (Phi) is 6.60. The summed E-state index contributed by atoms with van der Waals surface area (Å²) in [6, 6.07) is 62.3. The van der Waals surface area contributed by atoms with Crippen molar-refractivity contribution in [3.05, 3.63) is 197 Å². The van der Waals surface area contributed by atoms with E-state index in [-0.39, 0.29) is 16.2 Å². The number of anilines is 3. The lowest BCUT2D eigenvalue weighted by atomic mass is 9.80. The number of rotatable bonds is 3. The van der Waals surface area contributed by atoms with Crippen molar-refractivity contribution in [2.24, 2.45) is 0 Å². The van der Waals surface area contributed by atoms with E-state index in [0.29, 0.717) is 0 Å². The monoisotopic (exact) mass is 743 g/mol. The molecule has 0 aromatic heterocycles. The largest absolute Gasteiger partial charge is 0.310 e. The second kappa shape index (κ2) is 11.4. The summed E-state index contributed by atoms with van der Waals surface area (Å²) in [5, 5.41) is 7.89. The Labute approximate surface area is 341 Å². The predicted molar refractivity (Wildman–Crippen MR) is 246 cm³/mol. The summed E-state index contributed by atoms with van der Waals surface area (Å²) in [6.07, 6.45) is 0. The van der Waals surface area contributed by atoms with Crippen LogP contribution in [0.3, 0.4) is 0 Å². The molecule has 0 saturated carbocycles. The van der Waals surface area contributed by atoms with Crippen LogP contribution in [-0.4, -0.2) is 0 Å². The highest BCUT2D eigenvalue weighted by Crippen LogP contribution is 2.57. The molecule has 0 bridgehead atoms. The molecule has 3 aliphatic carbocycles. The first-order chi connectivity index (χ1) is 28.0. The average molecular weight is 744 g/mol. The Hall–Kier alpha value is -6.44. The van der Waals surface area contributed by atoms with Gasteiger partial charge in [-0.1, -0.05) is 169 Å². The lowest BCUT2D eigenvalue weighted by molar-refractivity contribution is 0.660. The molecule has 1 nitrogen and oxygen atoms in total. The Morgan fingerprint density at radius 1 is 0.310 bits per heavy atom. The van der Waals surface area contributed by atoms with Gasteiger partial charge in [0.2, 0.25) is 0 Å². The summed E-state index contributed by atoms with van der Waals surface area (Å²) in [5.41, 5.74) is 19.6. The summed E-state index contributed by atoms with van der Waals surface area (Å²) in [6.45, 7) is 14.4. The average Bonchev–Trinajstić information content (AvgIpc) is 3.73. The zero-order valence-electron chi connectivity index (χ0n) is 34.0. The second-order valence-corrected chi connectivity index (χ2v) is 18.5. The molecule has 0 N–H and O–H groups in total. The molecule has 9 aromatic carbocycles. The lowest BCUT2D eigenvalue weighted by Crippen LogP contribution is -2.19. The molecule has 0 atom stereocenters. The maximum Gasteiger partial charge on any atom is 0.0465 e. The van der Waals surface area contributed by atoms with Crippen LogP contribution in [0.2, 0.25) is 0 Å². The zero-order valence-corrected chi connectivity index (χ0v) is 34.0. The van der Waals surface area contributed by atoms with Gasteiger partial charge in [0.05, 0.1) is 0 Å². The van der Waals surface area contributed by atoms with Crippen molar-refractivity contribution < 1.29 is 0 Å². The minimum absolute atomic E-state index is 0.151. The first kappa shape index (κ1) is 33.7. The van der Waals surface area contributed by atoms with E-state index in [1.807, 2.05) is 0 Å². The number of nitrogens with zero attached hydrogens (tertiary/aromatic N) is 1. The highest BCUT2D eigenvalue weighted by molar-refractivity contribution is 6.05. The maximum absolute atomic E-state index is 2.53. The van der Waals surface area contributed by atoms with Crippen LogP contribution in [0, 0.1) is 0 Å². The lowest BCUT2D eigenvalue weighted by Gasteiger charge is -2.31. The summed E-state index contributed by atoms with van der Waals surface area (Å²) in [4.78, 5) is 2.53. The normalized spacial score (nSPS) is 15.8. The standard InChI is InChI=1S/C57H45N/c1-55(2)47-29-20-34-13-7-10-16-40(34)52(47)45-27-23-38(32-50(45)55)58(37-22-26-43-44-25-19-36-15-9-12-18-42(36)54(44)57(5,6)49(43)31-37)39-24-28-46-51(33-39)56(3,4)48-30-21-35-14-8-11-17-41(35)53(46)48/h7-33H,1-6H3. The van der Waals surface area contributed by atoms with Gasteiger partial charge in [0, 0.05) is 33.3 Å². The third kappa shape index (κ3) is 4.32. The molecule has 0 unspecified atom stereocenters. The van der Waals surface area contributed by atoms with Gasteiger partial charge >= 0.3 is 0 Å². The Morgan fingerprint density at radius 3 is 1.19 bits per heavy atom. The van der Waals surface area contributed by atoms with Crippen molar-refractivity contribution in [3.63, 3.8) is 0 Å². The van der Waals surface area contributed by atoms with Gasteiger partial charge in [0.1, 0.15) is 0 Å². The van der Waals surface area contributed by atoms with Gasteiger partial charge in [-0.2, -0.15) is 0 Å².